The van der Waals surface area contributed by atoms with Crippen LogP contribution in [0.25, 0.3) is 16.7 Å². The number of rotatable bonds is 6. The number of anilines is 1. The summed E-state index contributed by atoms with van der Waals surface area (Å²) in [6, 6.07) is 4.05. The Morgan fingerprint density at radius 3 is 2.23 bits per heavy atom. The van der Waals surface area contributed by atoms with Crippen LogP contribution in [0, 0.1) is 0 Å². The molecular formula is C25H37N9O. The Labute approximate surface area is 207 Å². The summed E-state index contributed by atoms with van der Waals surface area (Å²) in [5.74, 6) is 0.852. The number of likely N-dealkylation sites (N-methyl/N-ethyl adjacent to an activating group) is 2. The Hall–Kier alpha value is -2.82. The molecule has 5 rings (SSSR count). The maximum absolute atomic E-state index is 14.0. The summed E-state index contributed by atoms with van der Waals surface area (Å²) < 4.78 is 2.03. The number of fused-ring (bicyclic) bond motifs is 3. The average molecular weight is 480 g/mol. The third kappa shape index (κ3) is 4.46. The van der Waals surface area contributed by atoms with Gasteiger partial charge in [-0.05, 0) is 40.1 Å². The van der Waals surface area contributed by atoms with Crippen LogP contribution >= 0.6 is 0 Å². The van der Waals surface area contributed by atoms with Crippen molar-refractivity contribution in [1.82, 2.24) is 39.2 Å². The monoisotopic (exact) mass is 479 g/mol. The van der Waals surface area contributed by atoms with Gasteiger partial charge in [-0.25, -0.2) is 4.98 Å². The minimum atomic E-state index is 0.0122. The minimum Gasteiger partial charge on any atom is -0.368 e. The van der Waals surface area contributed by atoms with E-state index in [1.54, 1.807) is 0 Å². The summed E-state index contributed by atoms with van der Waals surface area (Å²) in [6.45, 7) is 13.7. The van der Waals surface area contributed by atoms with E-state index in [2.05, 4.69) is 50.0 Å². The molecule has 0 atom stereocenters. The first-order valence-electron chi connectivity index (χ1n) is 12.8. The molecule has 188 valence electrons. The van der Waals surface area contributed by atoms with Crippen molar-refractivity contribution in [2.45, 2.75) is 20.4 Å². The smallest absolute Gasteiger partial charge is 0.259 e. The molecule has 0 aliphatic carbocycles. The number of hydrogen-bond donors (Lipinski definition) is 0. The van der Waals surface area contributed by atoms with Crippen molar-refractivity contribution in [3.8, 4) is 0 Å². The Kier molecular flexibility index (Phi) is 6.86. The highest BCUT2D eigenvalue weighted by Crippen LogP contribution is 2.35. The van der Waals surface area contributed by atoms with Crippen molar-refractivity contribution in [3.63, 3.8) is 0 Å². The van der Waals surface area contributed by atoms with Crippen LogP contribution in [0.15, 0.2) is 18.3 Å². The molecule has 35 heavy (non-hydrogen) atoms. The van der Waals surface area contributed by atoms with E-state index in [9.17, 15) is 4.79 Å². The lowest BCUT2D eigenvalue weighted by atomic mass is 10.1. The first kappa shape index (κ1) is 23.9. The van der Waals surface area contributed by atoms with Crippen molar-refractivity contribution in [1.29, 1.82) is 0 Å². The van der Waals surface area contributed by atoms with Crippen LogP contribution in [0.5, 0.6) is 0 Å². The van der Waals surface area contributed by atoms with Gasteiger partial charge in [0.1, 0.15) is 11.2 Å². The van der Waals surface area contributed by atoms with Gasteiger partial charge in [0.2, 0.25) is 0 Å². The van der Waals surface area contributed by atoms with Crippen LogP contribution < -0.4 is 4.90 Å². The molecule has 2 fully saturated rings. The van der Waals surface area contributed by atoms with E-state index < -0.39 is 0 Å². The molecule has 0 saturated carbocycles. The fourth-order valence-corrected chi connectivity index (χ4v) is 5.23. The van der Waals surface area contributed by atoms with E-state index in [0.29, 0.717) is 30.8 Å². The first-order valence-corrected chi connectivity index (χ1v) is 12.8. The molecule has 0 radical (unpaired) electrons. The van der Waals surface area contributed by atoms with E-state index >= 15 is 0 Å². The summed E-state index contributed by atoms with van der Waals surface area (Å²) in [6.07, 6.45) is 1.82. The topological polar surface area (TPSA) is 76.4 Å². The molecule has 5 heterocycles. The molecule has 0 bridgehead atoms. The average Bonchev–Trinajstić information content (AvgIpc) is 3.29. The molecule has 10 heteroatoms. The van der Waals surface area contributed by atoms with Gasteiger partial charge in [-0.15, -0.1) is 10.2 Å². The lowest BCUT2D eigenvalue weighted by molar-refractivity contribution is 0.0775. The van der Waals surface area contributed by atoms with Crippen LogP contribution in [-0.4, -0.2) is 125 Å². The standard InChI is InChI=1S/C25H37N9O/c1-5-32(6-2)25(35)21-22(33-16-12-30(4)13-17-33)19-8-7-9-26-23(19)34-20(27-28-24(21)34)18-31-14-10-29(3)11-15-31/h7-9H,5-6,10-18H2,1-4H3. The summed E-state index contributed by atoms with van der Waals surface area (Å²) in [5, 5.41) is 10.3. The highest BCUT2D eigenvalue weighted by Gasteiger charge is 2.31. The minimum absolute atomic E-state index is 0.0122. The van der Waals surface area contributed by atoms with Crippen LogP contribution in [-0.2, 0) is 6.54 Å². The van der Waals surface area contributed by atoms with Gasteiger partial charge in [-0.2, -0.15) is 0 Å². The summed E-state index contributed by atoms with van der Waals surface area (Å²) in [7, 11) is 4.30. The van der Waals surface area contributed by atoms with E-state index in [1.807, 2.05) is 35.4 Å². The van der Waals surface area contributed by atoms with Gasteiger partial charge in [0.15, 0.2) is 11.5 Å². The number of nitrogens with zero attached hydrogens (tertiary/aromatic N) is 9. The van der Waals surface area contributed by atoms with E-state index in [0.717, 1.165) is 74.9 Å². The number of piperazine rings is 2. The molecular weight excluding hydrogens is 442 g/mol. The quantitative estimate of drug-likeness (QED) is 0.523. The fourth-order valence-electron chi connectivity index (χ4n) is 5.23. The van der Waals surface area contributed by atoms with Crippen molar-refractivity contribution in [2.75, 3.05) is 84.4 Å². The number of carbonyl (C=O) groups excluding carboxylic acids is 1. The zero-order chi connectivity index (χ0) is 24.5. The molecule has 10 nitrogen and oxygen atoms in total. The predicted octanol–water partition coefficient (Wildman–Crippen LogP) is 1.26. The van der Waals surface area contributed by atoms with Crippen molar-refractivity contribution in [3.05, 3.63) is 29.7 Å². The van der Waals surface area contributed by atoms with Crippen molar-refractivity contribution < 1.29 is 4.79 Å². The molecule has 0 unspecified atom stereocenters. The largest absolute Gasteiger partial charge is 0.368 e. The Morgan fingerprint density at radius 1 is 0.914 bits per heavy atom. The van der Waals surface area contributed by atoms with Crippen LogP contribution in [0.1, 0.15) is 30.0 Å². The SMILES string of the molecule is CCN(CC)C(=O)c1c(N2CCN(C)CC2)c2cccnc2n2c(CN3CCN(C)CC3)nnc12. The molecule has 2 aliphatic rings. The van der Waals surface area contributed by atoms with Crippen LogP contribution in [0.2, 0.25) is 0 Å². The lowest BCUT2D eigenvalue weighted by Gasteiger charge is -2.36. The highest BCUT2D eigenvalue weighted by molar-refractivity contribution is 6.12. The number of aromatic nitrogens is 4. The second kappa shape index (κ2) is 10.0. The van der Waals surface area contributed by atoms with E-state index in [4.69, 9.17) is 4.98 Å². The van der Waals surface area contributed by atoms with Gasteiger partial charge < -0.3 is 19.6 Å². The van der Waals surface area contributed by atoms with Gasteiger partial charge in [0, 0.05) is 77.0 Å². The second-order valence-corrected chi connectivity index (χ2v) is 9.72. The zero-order valence-corrected chi connectivity index (χ0v) is 21.4. The van der Waals surface area contributed by atoms with Crippen molar-refractivity contribution in [2.24, 2.45) is 0 Å². The van der Waals surface area contributed by atoms with E-state index in [-0.39, 0.29) is 5.91 Å². The van der Waals surface area contributed by atoms with E-state index in [1.165, 1.54) is 0 Å². The Morgan fingerprint density at radius 2 is 1.57 bits per heavy atom. The molecule has 2 saturated heterocycles. The molecule has 3 aromatic heterocycles. The zero-order valence-electron chi connectivity index (χ0n) is 21.4. The summed E-state index contributed by atoms with van der Waals surface area (Å²) >= 11 is 0. The Bertz CT molecular complexity index is 1190. The van der Waals surface area contributed by atoms with Crippen LogP contribution in [0.3, 0.4) is 0 Å². The van der Waals surface area contributed by atoms with Gasteiger partial charge in [-0.1, -0.05) is 0 Å². The number of amides is 1. The van der Waals surface area contributed by atoms with Gasteiger partial charge in [0.05, 0.1) is 12.2 Å². The number of pyridine rings is 2. The molecule has 0 spiro atoms. The normalized spacial score (nSPS) is 18.6. The molecule has 0 aromatic carbocycles. The second-order valence-electron chi connectivity index (χ2n) is 9.72. The van der Waals surface area contributed by atoms with Gasteiger partial charge in [0.25, 0.3) is 5.91 Å². The maximum Gasteiger partial charge on any atom is 0.259 e. The number of hydrogen-bond acceptors (Lipinski definition) is 8. The Balaban J connectivity index is 1.70. The maximum atomic E-state index is 14.0. The molecule has 0 N–H and O–H groups in total. The molecule has 2 aliphatic heterocycles. The van der Waals surface area contributed by atoms with Gasteiger partial charge >= 0.3 is 0 Å². The molecule has 1 amide bonds. The highest BCUT2D eigenvalue weighted by atomic mass is 16.2. The predicted molar refractivity (Wildman–Crippen MR) is 138 cm³/mol. The van der Waals surface area contributed by atoms with Crippen LogP contribution in [0.4, 0.5) is 5.69 Å². The third-order valence-corrected chi connectivity index (χ3v) is 7.49. The summed E-state index contributed by atoms with van der Waals surface area (Å²) in [5.41, 5.74) is 3.04. The van der Waals surface area contributed by atoms with Crippen molar-refractivity contribution >= 4 is 28.3 Å². The first-order chi connectivity index (χ1) is 17.0. The third-order valence-electron chi connectivity index (χ3n) is 7.49. The summed E-state index contributed by atoms with van der Waals surface area (Å²) in [4.78, 5) is 30.1. The number of carbonyl (C=O) groups is 1. The fraction of sp³-hybridized carbons (Fsp3) is 0.600. The molecule has 3 aromatic rings. The van der Waals surface area contributed by atoms with Gasteiger partial charge in [-0.3, -0.25) is 14.1 Å². The lowest BCUT2D eigenvalue weighted by Crippen LogP contribution is -2.45.